The van der Waals surface area contributed by atoms with Gasteiger partial charge in [-0.15, -0.1) is 0 Å². The maximum atomic E-state index is 11.4. The predicted octanol–water partition coefficient (Wildman–Crippen LogP) is 0.410. The fraction of sp³-hybridized carbons (Fsp3) is 0.636. The van der Waals surface area contributed by atoms with Crippen molar-refractivity contribution in [1.29, 1.82) is 0 Å². The number of hydrogen-bond acceptors (Lipinski definition) is 6. The number of methoxy groups -OCH3 is 2. The standard InChI is InChI=1S/C11H16O6/c1-11(2)16-6-7(17-11)5-8(9(12)14-3)10(13)15-4/h5,7H,6H2,1-4H3/t7-/m0/s1. The fourth-order valence-corrected chi connectivity index (χ4v) is 1.42. The quantitative estimate of drug-likeness (QED) is 0.310. The maximum Gasteiger partial charge on any atom is 0.345 e. The number of esters is 2. The monoisotopic (exact) mass is 244 g/mol. The number of hydrogen-bond donors (Lipinski definition) is 0. The minimum absolute atomic E-state index is 0.193. The molecule has 6 nitrogen and oxygen atoms in total. The molecular weight excluding hydrogens is 228 g/mol. The van der Waals surface area contributed by atoms with Gasteiger partial charge in [-0.1, -0.05) is 0 Å². The van der Waals surface area contributed by atoms with Crippen LogP contribution < -0.4 is 0 Å². The minimum Gasteiger partial charge on any atom is -0.465 e. The van der Waals surface area contributed by atoms with Gasteiger partial charge in [0.15, 0.2) is 5.79 Å². The molecule has 0 spiro atoms. The van der Waals surface area contributed by atoms with E-state index in [0.717, 1.165) is 0 Å². The van der Waals surface area contributed by atoms with Crippen molar-refractivity contribution in [1.82, 2.24) is 0 Å². The van der Waals surface area contributed by atoms with E-state index in [0.29, 0.717) is 0 Å². The first-order valence-electron chi connectivity index (χ1n) is 5.10. The van der Waals surface area contributed by atoms with Crippen molar-refractivity contribution < 1.29 is 28.5 Å². The summed E-state index contributed by atoms with van der Waals surface area (Å²) in [5, 5.41) is 0. The van der Waals surface area contributed by atoms with Gasteiger partial charge in [0.1, 0.15) is 11.7 Å². The third kappa shape index (κ3) is 3.54. The van der Waals surface area contributed by atoms with Crippen LogP contribution in [0.1, 0.15) is 13.8 Å². The summed E-state index contributed by atoms with van der Waals surface area (Å²) in [5.41, 5.74) is -0.193. The van der Waals surface area contributed by atoms with Crippen molar-refractivity contribution in [3.05, 3.63) is 11.6 Å². The highest BCUT2D eigenvalue weighted by Gasteiger charge is 2.33. The fourth-order valence-electron chi connectivity index (χ4n) is 1.42. The van der Waals surface area contributed by atoms with E-state index in [-0.39, 0.29) is 12.2 Å². The lowest BCUT2D eigenvalue weighted by Crippen LogP contribution is -2.22. The van der Waals surface area contributed by atoms with Crippen LogP contribution >= 0.6 is 0 Å². The third-order valence-electron chi connectivity index (χ3n) is 2.19. The molecule has 1 aliphatic heterocycles. The first-order valence-corrected chi connectivity index (χ1v) is 5.10. The van der Waals surface area contributed by atoms with Gasteiger partial charge < -0.3 is 18.9 Å². The van der Waals surface area contributed by atoms with Gasteiger partial charge in [0.2, 0.25) is 0 Å². The molecule has 0 bridgehead atoms. The molecule has 0 aliphatic carbocycles. The zero-order chi connectivity index (χ0) is 13.1. The SMILES string of the molecule is COC(=O)C(=C[C@H]1COC(C)(C)O1)C(=O)OC. The molecule has 1 rings (SSSR count). The summed E-state index contributed by atoms with van der Waals surface area (Å²) >= 11 is 0. The molecule has 0 amide bonds. The van der Waals surface area contributed by atoms with Gasteiger partial charge >= 0.3 is 11.9 Å². The van der Waals surface area contributed by atoms with Gasteiger partial charge in [0, 0.05) is 0 Å². The van der Waals surface area contributed by atoms with E-state index >= 15 is 0 Å². The summed E-state index contributed by atoms with van der Waals surface area (Å²) in [5.74, 6) is -2.24. The number of carbonyl (C=O) groups excluding carboxylic acids is 2. The molecule has 0 aromatic rings. The third-order valence-corrected chi connectivity index (χ3v) is 2.19. The van der Waals surface area contributed by atoms with Crippen LogP contribution in [0.2, 0.25) is 0 Å². The molecule has 1 saturated heterocycles. The largest absolute Gasteiger partial charge is 0.465 e. The molecule has 0 N–H and O–H groups in total. The molecule has 6 heteroatoms. The molecule has 96 valence electrons. The van der Waals surface area contributed by atoms with Crippen LogP contribution in [0.4, 0.5) is 0 Å². The average molecular weight is 244 g/mol. The van der Waals surface area contributed by atoms with Crippen molar-refractivity contribution in [2.45, 2.75) is 25.7 Å². The van der Waals surface area contributed by atoms with Crippen LogP contribution in [0.25, 0.3) is 0 Å². The van der Waals surface area contributed by atoms with E-state index in [4.69, 9.17) is 9.47 Å². The highest BCUT2D eigenvalue weighted by molar-refractivity contribution is 6.14. The normalized spacial score (nSPS) is 21.8. The van der Waals surface area contributed by atoms with Crippen LogP contribution in [0.3, 0.4) is 0 Å². The van der Waals surface area contributed by atoms with E-state index in [2.05, 4.69) is 9.47 Å². The Morgan fingerprint density at radius 1 is 1.24 bits per heavy atom. The second-order valence-corrected chi connectivity index (χ2v) is 3.93. The van der Waals surface area contributed by atoms with E-state index < -0.39 is 23.8 Å². The summed E-state index contributed by atoms with van der Waals surface area (Å²) in [6, 6.07) is 0. The Hall–Kier alpha value is -1.40. The lowest BCUT2D eigenvalue weighted by Gasteiger charge is -2.16. The summed E-state index contributed by atoms with van der Waals surface area (Å²) in [7, 11) is 2.38. The number of ether oxygens (including phenoxy) is 4. The summed E-state index contributed by atoms with van der Waals surface area (Å²) in [6.07, 6.45) is 0.880. The van der Waals surface area contributed by atoms with Gasteiger partial charge in [-0.3, -0.25) is 0 Å². The Bertz CT molecular complexity index is 326. The van der Waals surface area contributed by atoms with Crippen LogP contribution in [0.15, 0.2) is 11.6 Å². The minimum atomic E-state index is -0.759. The van der Waals surface area contributed by atoms with Crippen molar-refractivity contribution in [2.24, 2.45) is 0 Å². The van der Waals surface area contributed by atoms with Crippen LogP contribution in [0.5, 0.6) is 0 Å². The van der Waals surface area contributed by atoms with Gasteiger partial charge in [-0.05, 0) is 19.9 Å². The topological polar surface area (TPSA) is 71.1 Å². The Balaban J connectivity index is 2.84. The van der Waals surface area contributed by atoms with E-state index in [1.807, 2.05) is 0 Å². The first-order chi connectivity index (χ1) is 7.89. The van der Waals surface area contributed by atoms with Crippen molar-refractivity contribution in [2.75, 3.05) is 20.8 Å². The predicted molar refractivity (Wildman–Crippen MR) is 57.0 cm³/mol. The number of rotatable bonds is 3. The van der Waals surface area contributed by atoms with Gasteiger partial charge in [0.25, 0.3) is 0 Å². The molecule has 0 radical (unpaired) electrons. The zero-order valence-corrected chi connectivity index (χ0v) is 10.3. The van der Waals surface area contributed by atoms with Crippen molar-refractivity contribution >= 4 is 11.9 Å². The summed E-state index contributed by atoms with van der Waals surface area (Å²) in [6.45, 7) is 3.76. The Morgan fingerprint density at radius 3 is 2.12 bits per heavy atom. The highest BCUT2D eigenvalue weighted by atomic mass is 16.7. The lowest BCUT2D eigenvalue weighted by atomic mass is 10.2. The molecule has 0 unspecified atom stereocenters. The van der Waals surface area contributed by atoms with Gasteiger partial charge in [-0.2, -0.15) is 0 Å². The molecule has 0 aromatic carbocycles. The molecule has 1 atom stereocenters. The van der Waals surface area contributed by atoms with Crippen LogP contribution in [-0.4, -0.2) is 44.7 Å². The van der Waals surface area contributed by atoms with E-state index in [1.165, 1.54) is 20.3 Å². The average Bonchev–Trinajstić information content (AvgIpc) is 2.63. The highest BCUT2D eigenvalue weighted by Crippen LogP contribution is 2.23. The molecule has 1 fully saturated rings. The summed E-state index contributed by atoms with van der Waals surface area (Å²) < 4.78 is 19.8. The Kier molecular flexibility index (Phi) is 4.25. The second kappa shape index (κ2) is 5.29. The Labute approximate surface area is 99.5 Å². The Morgan fingerprint density at radius 2 is 1.76 bits per heavy atom. The van der Waals surface area contributed by atoms with E-state index in [9.17, 15) is 9.59 Å². The maximum absolute atomic E-state index is 11.4. The number of carbonyl (C=O) groups is 2. The lowest BCUT2D eigenvalue weighted by molar-refractivity contribution is -0.145. The van der Waals surface area contributed by atoms with E-state index in [1.54, 1.807) is 13.8 Å². The molecular formula is C11H16O6. The van der Waals surface area contributed by atoms with Gasteiger partial charge in [0.05, 0.1) is 20.8 Å². The van der Waals surface area contributed by atoms with Gasteiger partial charge in [-0.25, -0.2) is 9.59 Å². The summed E-state index contributed by atoms with van der Waals surface area (Å²) in [4.78, 5) is 22.7. The molecule has 1 heterocycles. The zero-order valence-electron chi connectivity index (χ0n) is 10.3. The smallest absolute Gasteiger partial charge is 0.345 e. The van der Waals surface area contributed by atoms with Crippen molar-refractivity contribution in [3.63, 3.8) is 0 Å². The van der Waals surface area contributed by atoms with Crippen molar-refractivity contribution in [3.8, 4) is 0 Å². The molecule has 0 saturated carbocycles. The first kappa shape index (κ1) is 13.7. The molecule has 1 aliphatic rings. The molecule has 0 aromatic heterocycles. The second-order valence-electron chi connectivity index (χ2n) is 3.93. The van der Waals surface area contributed by atoms with Crippen LogP contribution in [0, 0.1) is 0 Å². The van der Waals surface area contributed by atoms with Crippen LogP contribution in [-0.2, 0) is 28.5 Å². The molecule has 17 heavy (non-hydrogen) atoms.